The van der Waals surface area contributed by atoms with E-state index in [0.29, 0.717) is 49.6 Å². The Bertz CT molecular complexity index is 1380. The number of oxime groups is 1. The monoisotopic (exact) mass is 697 g/mol. The molecule has 0 radical (unpaired) electrons. The number of ether oxygens (including phenoxy) is 4. The fourth-order valence-electron chi connectivity index (χ4n) is 7.68. The van der Waals surface area contributed by atoms with Gasteiger partial charge in [0, 0.05) is 44.7 Å². The highest BCUT2D eigenvalue weighted by Gasteiger charge is 2.65. The second-order valence-corrected chi connectivity index (χ2v) is 12.9. The van der Waals surface area contributed by atoms with Gasteiger partial charge in [-0.05, 0) is 81.6 Å². The van der Waals surface area contributed by atoms with Crippen molar-refractivity contribution >= 4 is 17.9 Å². The lowest BCUT2D eigenvalue weighted by molar-refractivity contribution is -0.253. The van der Waals surface area contributed by atoms with Gasteiger partial charge < -0.3 is 44.2 Å². The van der Waals surface area contributed by atoms with Gasteiger partial charge in [0.2, 0.25) is 5.79 Å². The maximum atomic E-state index is 13.6. The van der Waals surface area contributed by atoms with Crippen LogP contribution in [0.4, 0.5) is 9.59 Å². The maximum absolute atomic E-state index is 13.6. The van der Waals surface area contributed by atoms with E-state index in [9.17, 15) is 19.8 Å². The summed E-state index contributed by atoms with van der Waals surface area (Å²) in [6, 6.07) is 4.68. The molecule has 1 aliphatic heterocycles. The predicted molar refractivity (Wildman–Crippen MR) is 190 cm³/mol. The van der Waals surface area contributed by atoms with Crippen LogP contribution in [0, 0.1) is 17.8 Å². The maximum Gasteiger partial charge on any atom is 0.412 e. The Morgan fingerprint density at radius 1 is 1.12 bits per heavy atom. The molecular formula is C38H55N3O9. The van der Waals surface area contributed by atoms with Crippen LogP contribution in [-0.2, 0) is 14.3 Å². The van der Waals surface area contributed by atoms with Crippen LogP contribution in [0.5, 0.6) is 11.5 Å². The molecule has 3 N–H and O–H groups in total. The van der Waals surface area contributed by atoms with Crippen LogP contribution in [0.2, 0.25) is 0 Å². The molecule has 6 atom stereocenters. The molecule has 1 saturated carbocycles. The van der Waals surface area contributed by atoms with Crippen molar-refractivity contribution in [1.29, 1.82) is 0 Å². The molecule has 6 unspecified atom stereocenters. The number of rotatable bonds is 19. The first kappa shape index (κ1) is 38.9. The molecule has 2 amide bonds. The van der Waals surface area contributed by atoms with Gasteiger partial charge >= 0.3 is 12.2 Å². The third-order valence-corrected chi connectivity index (χ3v) is 9.78. The first-order valence-corrected chi connectivity index (χ1v) is 18.0. The quantitative estimate of drug-likeness (QED) is 0.0887. The number of allylic oxidation sites excluding steroid dienone is 1. The van der Waals surface area contributed by atoms with Gasteiger partial charge in [0.15, 0.2) is 0 Å². The number of nitrogens with one attached hydrogen (secondary N) is 1. The summed E-state index contributed by atoms with van der Waals surface area (Å²) in [5, 5.41) is 26.8. The van der Waals surface area contributed by atoms with Crippen LogP contribution in [-0.4, -0.2) is 91.5 Å². The minimum atomic E-state index is -1.39. The van der Waals surface area contributed by atoms with Crippen LogP contribution in [0.1, 0.15) is 76.7 Å². The van der Waals surface area contributed by atoms with Gasteiger partial charge in [0.05, 0.1) is 24.8 Å². The van der Waals surface area contributed by atoms with Crippen molar-refractivity contribution in [2.45, 2.75) is 83.0 Å². The second kappa shape index (κ2) is 18.9. The number of aliphatic hydroxyl groups excluding tert-OH is 2. The Hall–Kier alpha value is -3.87. The lowest BCUT2D eigenvalue weighted by Crippen LogP contribution is -2.69. The van der Waals surface area contributed by atoms with Gasteiger partial charge in [-0.1, -0.05) is 36.2 Å². The molecule has 4 rings (SSSR count). The third-order valence-electron chi connectivity index (χ3n) is 9.78. The van der Waals surface area contributed by atoms with Crippen LogP contribution < -0.4 is 14.8 Å². The zero-order chi connectivity index (χ0) is 36.1. The van der Waals surface area contributed by atoms with Crippen LogP contribution in [0.3, 0.4) is 0 Å². The molecule has 1 aromatic carbocycles. The van der Waals surface area contributed by atoms with E-state index in [4.69, 9.17) is 23.8 Å². The molecule has 0 spiro atoms. The highest BCUT2D eigenvalue weighted by Crippen LogP contribution is 2.61. The zero-order valence-corrected chi connectivity index (χ0v) is 29.8. The average Bonchev–Trinajstić information content (AvgIpc) is 3.11. The molecule has 0 aromatic heterocycles. The van der Waals surface area contributed by atoms with Gasteiger partial charge in [0.1, 0.15) is 24.1 Å². The highest BCUT2D eigenvalue weighted by molar-refractivity contribution is 6.02. The van der Waals surface area contributed by atoms with Crippen molar-refractivity contribution in [3.63, 3.8) is 0 Å². The summed E-state index contributed by atoms with van der Waals surface area (Å²) < 4.78 is 25.2. The van der Waals surface area contributed by atoms with Gasteiger partial charge in [-0.2, -0.15) is 0 Å². The third kappa shape index (κ3) is 8.70. The second-order valence-electron chi connectivity index (χ2n) is 12.9. The number of hydrogen-bond donors (Lipinski definition) is 3. The smallest absolute Gasteiger partial charge is 0.412 e. The Morgan fingerprint density at radius 2 is 1.88 bits per heavy atom. The normalized spacial score (nSPS) is 25.7. The molecule has 1 fully saturated rings. The topological polar surface area (TPSA) is 148 Å². The van der Waals surface area contributed by atoms with Crippen molar-refractivity contribution in [3.05, 3.63) is 60.7 Å². The Balaban J connectivity index is 1.98. The van der Waals surface area contributed by atoms with Crippen molar-refractivity contribution in [2.24, 2.45) is 22.9 Å². The number of hydrogen-bond acceptors (Lipinski definition) is 10. The number of fused-ring (bicyclic) bond motifs is 2. The Kier molecular flexibility index (Phi) is 14.7. The number of amides is 2. The summed E-state index contributed by atoms with van der Waals surface area (Å²) in [6.45, 7) is 12.6. The van der Waals surface area contributed by atoms with Gasteiger partial charge in [-0.3, -0.25) is 0 Å². The van der Waals surface area contributed by atoms with E-state index in [1.54, 1.807) is 31.3 Å². The first-order valence-electron chi connectivity index (χ1n) is 18.0. The molecule has 1 aromatic rings. The summed E-state index contributed by atoms with van der Waals surface area (Å²) in [5.74, 6) is -1.04. The number of carbonyl (C=O) groups excluding carboxylic acids is 2. The molecule has 12 nitrogen and oxygen atoms in total. The minimum absolute atomic E-state index is 0.0417. The molecule has 276 valence electrons. The van der Waals surface area contributed by atoms with Gasteiger partial charge in [0.25, 0.3) is 0 Å². The van der Waals surface area contributed by atoms with Crippen LogP contribution >= 0.6 is 0 Å². The molecule has 12 heteroatoms. The van der Waals surface area contributed by atoms with Crippen molar-refractivity contribution in [1.82, 2.24) is 10.2 Å². The largest absolute Gasteiger partial charge is 0.459 e. The lowest BCUT2D eigenvalue weighted by atomic mass is 9.55. The van der Waals surface area contributed by atoms with Crippen LogP contribution in [0.15, 0.2) is 60.3 Å². The summed E-state index contributed by atoms with van der Waals surface area (Å²) >= 11 is 0. The van der Waals surface area contributed by atoms with E-state index >= 15 is 0 Å². The summed E-state index contributed by atoms with van der Waals surface area (Å²) in [6.07, 6.45) is 9.86. The van der Waals surface area contributed by atoms with E-state index in [-0.39, 0.29) is 50.6 Å². The van der Waals surface area contributed by atoms with E-state index < -0.39 is 29.9 Å². The summed E-state index contributed by atoms with van der Waals surface area (Å²) in [7, 11) is 1.68. The number of carbonyl (C=O) groups is 2. The first-order chi connectivity index (χ1) is 24.3. The molecule has 0 saturated heterocycles. The molecular weight excluding hydrogens is 642 g/mol. The zero-order valence-electron chi connectivity index (χ0n) is 29.8. The number of aliphatic hydroxyl groups is 2. The fraction of sp³-hybridized carbons (Fsp3) is 0.605. The van der Waals surface area contributed by atoms with Crippen molar-refractivity contribution < 1.29 is 43.6 Å². The standard InChI is InChI=1S/C38H55N3O9/c1-6-10-22-46-37(45)41(5)33-25-31(40-48-9-4)29-23-26(15-11-13-19-42)28(16-12-14-20-43)34-30-24-27(49-36(44)39-8-3)17-18-32(30)50-38(33,35(29)34)47-21-7-2/h6-7,17-18,23-24,26,28,33-35,42-43H,1-2,8-16,19-22,25H2,3-5H3,(H,39,44). The van der Waals surface area contributed by atoms with Crippen molar-refractivity contribution in [2.75, 3.05) is 46.6 Å². The minimum Gasteiger partial charge on any atom is -0.459 e. The molecule has 0 bridgehead atoms. The average molecular weight is 698 g/mol. The highest BCUT2D eigenvalue weighted by atomic mass is 16.7. The summed E-state index contributed by atoms with van der Waals surface area (Å²) in [5.41, 5.74) is 2.47. The number of nitrogens with zero attached hydrogens (tertiary/aromatic N) is 2. The van der Waals surface area contributed by atoms with E-state index in [2.05, 4.69) is 29.7 Å². The van der Waals surface area contributed by atoms with Gasteiger partial charge in [-0.25, -0.2) is 9.59 Å². The van der Waals surface area contributed by atoms with E-state index in [1.807, 2.05) is 19.9 Å². The molecule has 2 aliphatic carbocycles. The number of benzene rings is 1. The van der Waals surface area contributed by atoms with Gasteiger partial charge in [-0.15, -0.1) is 13.2 Å². The molecule has 3 aliphatic rings. The molecule has 50 heavy (non-hydrogen) atoms. The SMILES string of the molecule is C=CCCOC(=O)N(C)C1CC(=NOCC)C2=CC(CCCCO)C(CCCCO)C3c4cc(OC(=O)NCC)ccc4OC1(OCC=C)C23. The van der Waals surface area contributed by atoms with E-state index in [1.165, 1.54) is 4.90 Å². The molecule has 1 heterocycles. The Morgan fingerprint density at radius 3 is 2.56 bits per heavy atom. The van der Waals surface area contributed by atoms with Crippen LogP contribution in [0.25, 0.3) is 0 Å². The Labute approximate surface area is 296 Å². The fourth-order valence-corrected chi connectivity index (χ4v) is 7.68. The number of likely N-dealkylation sites (N-methyl/N-ethyl adjacent to an activating group) is 1. The van der Waals surface area contributed by atoms with Crippen molar-refractivity contribution in [3.8, 4) is 11.5 Å². The number of unbranched alkanes of at least 4 members (excludes halogenated alkanes) is 2. The summed E-state index contributed by atoms with van der Waals surface area (Å²) in [4.78, 5) is 33.4. The lowest BCUT2D eigenvalue weighted by Gasteiger charge is -2.59. The van der Waals surface area contributed by atoms with E-state index in [0.717, 1.165) is 36.8 Å². The predicted octanol–water partition coefficient (Wildman–Crippen LogP) is 6.09.